The van der Waals surface area contributed by atoms with Crippen LogP contribution < -0.4 is 20.4 Å². The Bertz CT molecular complexity index is 913. The summed E-state index contributed by atoms with van der Waals surface area (Å²) in [6.45, 7) is 0. The van der Waals surface area contributed by atoms with Crippen molar-refractivity contribution in [2.45, 2.75) is 18.9 Å². The molecule has 0 amide bonds. The summed E-state index contributed by atoms with van der Waals surface area (Å²) in [5.74, 6) is -1.43. The number of carboxylic acid groups (broad SMARTS) is 2. The van der Waals surface area contributed by atoms with Crippen molar-refractivity contribution in [2.75, 3.05) is 19.5 Å². The van der Waals surface area contributed by atoms with Gasteiger partial charge < -0.3 is 25.0 Å². The first-order valence-corrected chi connectivity index (χ1v) is 8.87. The number of ether oxygens (including phenoxy) is 2. The molecule has 0 aliphatic heterocycles. The fourth-order valence-corrected chi connectivity index (χ4v) is 2.91. The van der Waals surface area contributed by atoms with E-state index in [0.29, 0.717) is 33.9 Å². The van der Waals surface area contributed by atoms with E-state index in [2.05, 4.69) is 10.4 Å². The van der Waals surface area contributed by atoms with E-state index in [1.54, 1.807) is 42.0 Å². The van der Waals surface area contributed by atoms with E-state index in [1.807, 2.05) is 0 Å². The van der Waals surface area contributed by atoms with Crippen molar-refractivity contribution in [3.8, 4) is 11.5 Å². The largest absolute Gasteiger partial charge is 0.497 e. The molecule has 30 heavy (non-hydrogen) atoms. The van der Waals surface area contributed by atoms with Crippen molar-refractivity contribution in [1.82, 2.24) is 5.59 Å². The number of hydrogen-bond donors (Lipinski definition) is 5. The fraction of sp³-hybridized carbons (Fsp3) is 0.250. The van der Waals surface area contributed by atoms with Crippen LogP contribution in [0.3, 0.4) is 0 Å². The monoisotopic (exact) mass is 417 g/mol. The van der Waals surface area contributed by atoms with Gasteiger partial charge in [0.15, 0.2) is 6.04 Å². The second kappa shape index (κ2) is 10.7. The molecule has 0 aliphatic carbocycles. The quantitative estimate of drug-likeness (QED) is 0.274. The fourth-order valence-electron chi connectivity index (χ4n) is 2.91. The summed E-state index contributed by atoms with van der Waals surface area (Å²) in [5.41, 5.74) is 3.67. The summed E-state index contributed by atoms with van der Waals surface area (Å²) in [7, 11) is 2.87. The zero-order valence-electron chi connectivity index (χ0n) is 16.5. The van der Waals surface area contributed by atoms with E-state index < -0.39 is 18.0 Å². The molecule has 0 bridgehead atoms. The molecule has 0 aliphatic rings. The van der Waals surface area contributed by atoms with Crippen LogP contribution in [0.2, 0.25) is 0 Å². The van der Waals surface area contributed by atoms with Crippen LogP contribution in [0.15, 0.2) is 41.5 Å². The Kier molecular flexibility index (Phi) is 8.00. The Morgan fingerprint density at radius 1 is 1.13 bits per heavy atom. The topological polar surface area (TPSA) is 150 Å². The molecule has 10 heteroatoms. The van der Waals surface area contributed by atoms with E-state index in [0.717, 1.165) is 0 Å². The van der Waals surface area contributed by atoms with Crippen LogP contribution in [-0.2, 0) is 16.0 Å². The minimum Gasteiger partial charge on any atom is -0.497 e. The molecule has 2 aromatic carbocycles. The molecule has 0 spiro atoms. The van der Waals surface area contributed by atoms with Gasteiger partial charge in [-0.15, -0.1) is 0 Å². The standard InChI is InChI=1S/C20H23N3O7/c1-29-14-9-16(15(7-8-18(24)25)17(10-14)30-2)19(20(26)27)22-13-5-3-12(4-6-13)11-21-23-28/h3-6,9-11,19,22-23,28H,7-8H2,1-2H3,(H,24,25)(H,26,27)/b21-11-. The van der Waals surface area contributed by atoms with Crippen LogP contribution in [0.25, 0.3) is 0 Å². The van der Waals surface area contributed by atoms with Crippen molar-refractivity contribution in [3.05, 3.63) is 53.1 Å². The van der Waals surface area contributed by atoms with Gasteiger partial charge in [0.05, 0.1) is 20.4 Å². The molecule has 5 N–H and O–H groups in total. The molecule has 1 atom stereocenters. The molecule has 160 valence electrons. The van der Waals surface area contributed by atoms with Gasteiger partial charge in [-0.25, -0.2) is 4.79 Å². The minimum absolute atomic E-state index is 0.0901. The lowest BCUT2D eigenvalue weighted by molar-refractivity contribution is -0.138. The number of rotatable bonds is 11. The zero-order valence-corrected chi connectivity index (χ0v) is 16.5. The zero-order chi connectivity index (χ0) is 22.1. The van der Waals surface area contributed by atoms with Gasteiger partial charge in [-0.2, -0.15) is 10.7 Å². The predicted molar refractivity (Wildman–Crippen MR) is 108 cm³/mol. The number of nitrogens with one attached hydrogen (secondary N) is 2. The number of methoxy groups -OCH3 is 2. The molecular weight excluding hydrogens is 394 g/mol. The Balaban J connectivity index is 2.45. The van der Waals surface area contributed by atoms with E-state index >= 15 is 0 Å². The molecule has 1 unspecified atom stereocenters. The van der Waals surface area contributed by atoms with Crippen molar-refractivity contribution in [1.29, 1.82) is 0 Å². The van der Waals surface area contributed by atoms with Gasteiger partial charge >= 0.3 is 11.9 Å². The normalized spacial score (nSPS) is 11.7. The maximum Gasteiger partial charge on any atom is 0.330 e. The summed E-state index contributed by atoms with van der Waals surface area (Å²) >= 11 is 0. The van der Waals surface area contributed by atoms with Crippen molar-refractivity contribution < 1.29 is 34.5 Å². The number of carbonyl (C=O) groups is 2. The van der Waals surface area contributed by atoms with Crippen LogP contribution in [0.1, 0.15) is 29.2 Å². The maximum absolute atomic E-state index is 12.1. The summed E-state index contributed by atoms with van der Waals surface area (Å²) in [6.07, 6.45) is 1.29. The molecule has 2 rings (SSSR count). The third kappa shape index (κ3) is 5.85. The molecular formula is C20H23N3O7. The number of anilines is 1. The first-order chi connectivity index (χ1) is 14.4. The van der Waals surface area contributed by atoms with E-state index in [1.165, 1.54) is 20.4 Å². The number of hydrazone groups is 1. The highest BCUT2D eigenvalue weighted by molar-refractivity contribution is 5.82. The second-order valence-electron chi connectivity index (χ2n) is 6.19. The van der Waals surface area contributed by atoms with E-state index in [-0.39, 0.29) is 12.8 Å². The van der Waals surface area contributed by atoms with Crippen LogP contribution in [0, 0.1) is 0 Å². The lowest BCUT2D eigenvalue weighted by atomic mass is 9.95. The predicted octanol–water partition coefficient (Wildman–Crippen LogP) is 2.27. The first-order valence-electron chi connectivity index (χ1n) is 8.87. The number of benzene rings is 2. The Hall–Kier alpha value is -3.79. The van der Waals surface area contributed by atoms with Gasteiger partial charge in [-0.1, -0.05) is 12.1 Å². The van der Waals surface area contributed by atoms with Crippen molar-refractivity contribution in [2.24, 2.45) is 5.10 Å². The summed E-state index contributed by atoms with van der Waals surface area (Å²) in [6, 6.07) is 8.63. The van der Waals surface area contributed by atoms with E-state index in [4.69, 9.17) is 19.8 Å². The average molecular weight is 417 g/mol. The molecule has 0 heterocycles. The second-order valence-corrected chi connectivity index (χ2v) is 6.19. The Labute approximate surface area is 172 Å². The van der Waals surface area contributed by atoms with Gasteiger partial charge in [0.1, 0.15) is 11.5 Å². The number of nitrogens with zero attached hydrogens (tertiary/aromatic N) is 1. The summed E-state index contributed by atoms with van der Waals surface area (Å²) in [5, 5.41) is 33.9. The number of carboxylic acids is 2. The SMILES string of the molecule is COc1cc(OC)c(CCC(=O)O)c(C(Nc2ccc(/C=N\NO)cc2)C(=O)O)c1. The Morgan fingerprint density at radius 3 is 2.37 bits per heavy atom. The van der Waals surface area contributed by atoms with E-state index in [9.17, 15) is 14.7 Å². The highest BCUT2D eigenvalue weighted by atomic mass is 16.5. The lowest BCUT2D eigenvalue weighted by Gasteiger charge is -2.22. The van der Waals surface area contributed by atoms with Crippen molar-refractivity contribution >= 4 is 23.8 Å². The highest BCUT2D eigenvalue weighted by Gasteiger charge is 2.26. The van der Waals surface area contributed by atoms with Gasteiger partial charge in [-0.3, -0.25) is 10.0 Å². The Morgan fingerprint density at radius 2 is 1.83 bits per heavy atom. The van der Waals surface area contributed by atoms with Gasteiger partial charge in [0.25, 0.3) is 0 Å². The van der Waals surface area contributed by atoms with Crippen LogP contribution in [0.5, 0.6) is 11.5 Å². The number of aliphatic carboxylic acids is 2. The van der Waals surface area contributed by atoms with Crippen LogP contribution >= 0.6 is 0 Å². The third-order valence-corrected chi connectivity index (χ3v) is 4.31. The van der Waals surface area contributed by atoms with Gasteiger partial charge in [0, 0.05) is 23.7 Å². The molecule has 10 nitrogen and oxygen atoms in total. The highest BCUT2D eigenvalue weighted by Crippen LogP contribution is 2.35. The summed E-state index contributed by atoms with van der Waals surface area (Å²) in [4.78, 5) is 23.2. The minimum atomic E-state index is -1.18. The maximum atomic E-state index is 12.1. The molecule has 0 saturated heterocycles. The molecule has 0 fully saturated rings. The molecule has 0 radical (unpaired) electrons. The molecule has 0 saturated carbocycles. The van der Waals surface area contributed by atoms with Gasteiger partial charge in [-0.05, 0) is 35.7 Å². The smallest absolute Gasteiger partial charge is 0.330 e. The van der Waals surface area contributed by atoms with Crippen LogP contribution in [0.4, 0.5) is 5.69 Å². The summed E-state index contributed by atoms with van der Waals surface area (Å²) < 4.78 is 10.6. The van der Waals surface area contributed by atoms with Crippen LogP contribution in [-0.4, -0.2) is 47.8 Å². The van der Waals surface area contributed by atoms with Gasteiger partial charge in [0.2, 0.25) is 0 Å². The van der Waals surface area contributed by atoms with Crippen molar-refractivity contribution in [3.63, 3.8) is 0 Å². The average Bonchev–Trinajstić information content (AvgIpc) is 2.74. The first kappa shape index (κ1) is 22.5. The lowest BCUT2D eigenvalue weighted by Crippen LogP contribution is -2.22. The molecule has 0 aromatic heterocycles. The third-order valence-electron chi connectivity index (χ3n) is 4.31. The number of hydrogen-bond acceptors (Lipinski definition) is 8. The molecule has 2 aromatic rings.